The van der Waals surface area contributed by atoms with Crippen LogP contribution in [0.1, 0.15) is 62.4 Å². The van der Waals surface area contributed by atoms with Crippen LogP contribution in [0.4, 0.5) is 0 Å². The number of ether oxygens (including phenoxy) is 1. The molecule has 35 heavy (non-hydrogen) atoms. The fourth-order valence-electron chi connectivity index (χ4n) is 3.88. The van der Waals surface area contributed by atoms with Crippen molar-refractivity contribution in [3.63, 3.8) is 0 Å². The van der Waals surface area contributed by atoms with Crippen molar-refractivity contribution in [2.24, 2.45) is 0 Å². The first-order valence-corrected chi connectivity index (χ1v) is 12.1. The van der Waals surface area contributed by atoms with Gasteiger partial charge in [0, 0.05) is 24.1 Å². The molecule has 0 radical (unpaired) electrons. The highest BCUT2D eigenvalue weighted by molar-refractivity contribution is 6.31. The van der Waals surface area contributed by atoms with E-state index in [0.29, 0.717) is 17.5 Å². The van der Waals surface area contributed by atoms with Crippen LogP contribution < -0.4 is 4.74 Å². The molecule has 1 N–H and O–H groups in total. The zero-order chi connectivity index (χ0) is 25.0. The number of carboxylic acids is 1. The minimum Gasteiger partial charge on any atom is -0.496 e. The number of rotatable bonds is 13. The fourth-order valence-corrected chi connectivity index (χ4v) is 3.88. The number of para-hydroxylation sites is 1. The van der Waals surface area contributed by atoms with Gasteiger partial charge in [-0.2, -0.15) is 4.98 Å². The van der Waals surface area contributed by atoms with Gasteiger partial charge in [0.05, 0.1) is 13.7 Å². The van der Waals surface area contributed by atoms with E-state index in [2.05, 4.69) is 17.1 Å². The Bertz CT molecular complexity index is 1090. The Labute approximate surface area is 205 Å². The standard InChI is InChI=1S/C27H33N3O5/c1-3-4-5-6-7-8-13-24-28-25(35-29-24)21-16-14-20(15-17-21)18-30(26(31)27(32)33)19-22-11-9-10-12-23(22)34-2/h9-12,14-17H,3-8,13,18-19H2,1-2H3,(H,32,33). The highest BCUT2D eigenvalue weighted by Gasteiger charge is 2.22. The van der Waals surface area contributed by atoms with Crippen LogP contribution in [-0.4, -0.2) is 39.1 Å². The van der Waals surface area contributed by atoms with E-state index in [1.807, 2.05) is 42.5 Å². The van der Waals surface area contributed by atoms with Crippen molar-refractivity contribution in [3.8, 4) is 17.2 Å². The lowest BCUT2D eigenvalue weighted by Gasteiger charge is -2.22. The number of unbranched alkanes of at least 4 members (excludes halogenated alkanes) is 5. The second-order valence-corrected chi connectivity index (χ2v) is 8.51. The number of hydrogen-bond donors (Lipinski definition) is 1. The largest absolute Gasteiger partial charge is 0.496 e. The van der Waals surface area contributed by atoms with E-state index in [-0.39, 0.29) is 13.1 Å². The van der Waals surface area contributed by atoms with Crippen LogP contribution in [-0.2, 0) is 29.1 Å². The first-order chi connectivity index (χ1) is 17.0. The van der Waals surface area contributed by atoms with Crippen LogP contribution in [0.15, 0.2) is 53.1 Å². The number of carbonyl (C=O) groups excluding carboxylic acids is 1. The van der Waals surface area contributed by atoms with Gasteiger partial charge in [0.15, 0.2) is 5.82 Å². The molecule has 0 saturated heterocycles. The molecule has 0 saturated carbocycles. The number of hydrogen-bond acceptors (Lipinski definition) is 6. The Balaban J connectivity index is 1.63. The average Bonchev–Trinajstić information content (AvgIpc) is 3.35. The van der Waals surface area contributed by atoms with Gasteiger partial charge in [-0.1, -0.05) is 74.5 Å². The molecule has 0 aliphatic carbocycles. The Morgan fingerprint density at radius 2 is 1.69 bits per heavy atom. The fraction of sp³-hybridized carbons (Fsp3) is 0.407. The normalized spacial score (nSPS) is 10.8. The molecule has 1 heterocycles. The molecule has 1 aromatic heterocycles. The van der Waals surface area contributed by atoms with Crippen molar-refractivity contribution >= 4 is 11.9 Å². The van der Waals surface area contributed by atoms with E-state index < -0.39 is 11.9 Å². The number of carboxylic acid groups (broad SMARTS) is 1. The molecule has 8 heteroatoms. The van der Waals surface area contributed by atoms with Gasteiger partial charge in [-0.3, -0.25) is 4.79 Å². The quantitative estimate of drug-likeness (QED) is 0.263. The van der Waals surface area contributed by atoms with Crippen molar-refractivity contribution in [1.82, 2.24) is 15.0 Å². The van der Waals surface area contributed by atoms with Gasteiger partial charge in [-0.05, 0) is 30.2 Å². The Kier molecular flexibility index (Phi) is 9.83. The van der Waals surface area contributed by atoms with E-state index in [9.17, 15) is 14.7 Å². The molecule has 0 unspecified atom stereocenters. The van der Waals surface area contributed by atoms with E-state index in [1.165, 1.54) is 44.1 Å². The minimum atomic E-state index is -1.50. The summed E-state index contributed by atoms with van der Waals surface area (Å²) in [5, 5.41) is 13.4. The van der Waals surface area contributed by atoms with Gasteiger partial charge >= 0.3 is 11.9 Å². The van der Waals surface area contributed by atoms with Crippen LogP contribution in [0.2, 0.25) is 0 Å². The lowest BCUT2D eigenvalue weighted by atomic mass is 10.1. The van der Waals surface area contributed by atoms with Crippen molar-refractivity contribution in [3.05, 3.63) is 65.5 Å². The number of benzene rings is 2. The molecular weight excluding hydrogens is 446 g/mol. The zero-order valence-electron chi connectivity index (χ0n) is 20.4. The number of aromatic nitrogens is 2. The van der Waals surface area contributed by atoms with Crippen LogP contribution in [0.25, 0.3) is 11.5 Å². The predicted molar refractivity (Wildman–Crippen MR) is 132 cm³/mol. The molecule has 0 bridgehead atoms. The average molecular weight is 480 g/mol. The van der Waals surface area contributed by atoms with Gasteiger partial charge in [-0.15, -0.1) is 0 Å². The Hall–Kier alpha value is -3.68. The molecule has 3 rings (SSSR count). The summed E-state index contributed by atoms with van der Waals surface area (Å²) in [6.45, 7) is 2.46. The van der Waals surface area contributed by atoms with E-state index in [1.54, 1.807) is 6.07 Å². The highest BCUT2D eigenvalue weighted by Crippen LogP contribution is 2.22. The van der Waals surface area contributed by atoms with Crippen LogP contribution in [0.5, 0.6) is 5.75 Å². The third kappa shape index (κ3) is 7.67. The van der Waals surface area contributed by atoms with Gasteiger partial charge in [0.2, 0.25) is 0 Å². The summed E-state index contributed by atoms with van der Waals surface area (Å²) in [5.74, 6) is -0.727. The third-order valence-electron chi connectivity index (χ3n) is 5.82. The second-order valence-electron chi connectivity index (χ2n) is 8.51. The molecule has 186 valence electrons. The lowest BCUT2D eigenvalue weighted by molar-refractivity contribution is -0.156. The SMILES string of the molecule is CCCCCCCCc1noc(-c2ccc(CN(Cc3ccccc3OC)C(=O)C(=O)O)cc2)n1. The summed E-state index contributed by atoms with van der Waals surface area (Å²) < 4.78 is 10.8. The van der Waals surface area contributed by atoms with Gasteiger partial charge < -0.3 is 19.3 Å². The predicted octanol–water partition coefficient (Wildman–Crippen LogP) is 5.26. The molecule has 0 aliphatic heterocycles. The molecule has 2 aromatic carbocycles. The van der Waals surface area contributed by atoms with Gasteiger partial charge in [0.25, 0.3) is 5.89 Å². The summed E-state index contributed by atoms with van der Waals surface area (Å²) in [6.07, 6.45) is 8.03. The number of amides is 1. The van der Waals surface area contributed by atoms with Crippen molar-refractivity contribution in [1.29, 1.82) is 0 Å². The van der Waals surface area contributed by atoms with E-state index >= 15 is 0 Å². The monoisotopic (exact) mass is 479 g/mol. The maximum Gasteiger partial charge on any atom is 0.394 e. The summed E-state index contributed by atoms with van der Waals surface area (Å²) in [6, 6.07) is 14.6. The number of methoxy groups -OCH3 is 1. The number of nitrogens with zero attached hydrogens (tertiary/aromatic N) is 3. The molecule has 3 aromatic rings. The van der Waals surface area contributed by atoms with E-state index in [4.69, 9.17) is 9.26 Å². The van der Waals surface area contributed by atoms with Crippen molar-refractivity contribution in [2.75, 3.05) is 7.11 Å². The maximum atomic E-state index is 12.4. The molecular formula is C27H33N3O5. The Morgan fingerprint density at radius 1 is 0.971 bits per heavy atom. The van der Waals surface area contributed by atoms with Crippen molar-refractivity contribution in [2.45, 2.75) is 65.0 Å². The Morgan fingerprint density at radius 3 is 2.40 bits per heavy atom. The molecule has 0 spiro atoms. The van der Waals surface area contributed by atoms with Gasteiger partial charge in [0.1, 0.15) is 5.75 Å². The first-order valence-electron chi connectivity index (χ1n) is 12.1. The molecule has 1 amide bonds. The molecule has 8 nitrogen and oxygen atoms in total. The summed E-state index contributed by atoms with van der Waals surface area (Å²) in [7, 11) is 1.54. The van der Waals surface area contributed by atoms with Crippen molar-refractivity contribution < 1.29 is 24.0 Å². The van der Waals surface area contributed by atoms with E-state index in [0.717, 1.165) is 29.5 Å². The number of aliphatic carboxylic acids is 1. The second kappa shape index (κ2) is 13.3. The molecule has 0 atom stereocenters. The topological polar surface area (TPSA) is 106 Å². The smallest absolute Gasteiger partial charge is 0.394 e. The number of carbonyl (C=O) groups is 2. The third-order valence-corrected chi connectivity index (χ3v) is 5.82. The van der Waals surface area contributed by atoms with Gasteiger partial charge in [-0.25, -0.2) is 4.79 Å². The summed E-state index contributed by atoms with van der Waals surface area (Å²) in [4.78, 5) is 29.5. The summed E-state index contributed by atoms with van der Waals surface area (Å²) >= 11 is 0. The summed E-state index contributed by atoms with van der Waals surface area (Å²) in [5.41, 5.74) is 2.28. The minimum absolute atomic E-state index is 0.113. The first kappa shape index (κ1) is 25.9. The lowest BCUT2D eigenvalue weighted by Crippen LogP contribution is -2.35. The number of aryl methyl sites for hydroxylation is 1. The molecule has 0 aliphatic rings. The maximum absolute atomic E-state index is 12.4. The zero-order valence-corrected chi connectivity index (χ0v) is 20.4. The molecule has 0 fully saturated rings. The van der Waals surface area contributed by atoms with Crippen LogP contribution in [0, 0.1) is 0 Å². The highest BCUT2D eigenvalue weighted by atomic mass is 16.5. The van der Waals surface area contributed by atoms with Crippen LogP contribution in [0.3, 0.4) is 0 Å². The van der Waals surface area contributed by atoms with Crippen LogP contribution >= 0.6 is 0 Å².